The first-order valence-corrected chi connectivity index (χ1v) is 7.32. The third-order valence-corrected chi connectivity index (χ3v) is 3.97. The summed E-state index contributed by atoms with van der Waals surface area (Å²) in [6.45, 7) is 8.85. The van der Waals surface area contributed by atoms with Gasteiger partial charge in [-0.15, -0.1) is 0 Å². The van der Waals surface area contributed by atoms with Gasteiger partial charge in [0, 0.05) is 0 Å². The molecule has 0 heterocycles. The first-order chi connectivity index (χ1) is 8.47. The van der Waals surface area contributed by atoms with Crippen LogP contribution in [-0.4, -0.2) is 10.7 Å². The summed E-state index contributed by atoms with van der Waals surface area (Å²) < 4.78 is 0. The maximum absolute atomic E-state index is 4.73. The molecular formula is C16H25NS. The van der Waals surface area contributed by atoms with Crippen molar-refractivity contribution in [3.63, 3.8) is 0 Å². The molecule has 100 valence electrons. The van der Waals surface area contributed by atoms with Crippen molar-refractivity contribution in [1.29, 1.82) is 0 Å². The fourth-order valence-electron chi connectivity index (χ4n) is 2.48. The van der Waals surface area contributed by atoms with Crippen LogP contribution in [0.15, 0.2) is 28.8 Å². The van der Waals surface area contributed by atoms with Crippen molar-refractivity contribution in [2.45, 2.75) is 58.9 Å². The smallest absolute Gasteiger partial charge is 0.0683 e. The topological polar surface area (TPSA) is 12.4 Å². The van der Waals surface area contributed by atoms with Gasteiger partial charge in [0.05, 0.1) is 10.7 Å². The molecule has 0 aromatic heterocycles. The van der Waals surface area contributed by atoms with E-state index in [0.717, 1.165) is 18.8 Å². The number of thiocarbonyl (C=S) groups is 1. The summed E-state index contributed by atoms with van der Waals surface area (Å²) in [4.78, 5) is 4.33. The number of aliphatic imine (C=N–C) groups is 1. The van der Waals surface area contributed by atoms with Gasteiger partial charge >= 0.3 is 0 Å². The molecule has 1 fully saturated rings. The molecule has 0 aromatic carbocycles. The van der Waals surface area contributed by atoms with Crippen LogP contribution >= 0.6 is 12.2 Å². The van der Waals surface area contributed by atoms with Crippen molar-refractivity contribution in [3.05, 3.63) is 23.8 Å². The summed E-state index contributed by atoms with van der Waals surface area (Å²) in [7, 11) is 0. The Morgan fingerprint density at radius 2 is 2.00 bits per heavy atom. The van der Waals surface area contributed by atoms with E-state index in [1.54, 1.807) is 0 Å². The minimum absolute atomic E-state index is 0.0479. The molecule has 0 unspecified atom stereocenters. The highest BCUT2D eigenvalue weighted by Gasteiger charge is 2.30. The maximum atomic E-state index is 4.73. The van der Waals surface area contributed by atoms with Crippen LogP contribution in [0.2, 0.25) is 0 Å². The number of isothiocyanates is 1. The fourth-order valence-corrected chi connectivity index (χ4v) is 2.70. The predicted molar refractivity (Wildman–Crippen MR) is 83.1 cm³/mol. The Kier molecular flexibility index (Phi) is 5.98. The van der Waals surface area contributed by atoms with Crippen LogP contribution in [0.25, 0.3) is 0 Å². The standard InChI is InChI=1S/C16H25NS/c1-13(2)6-5-7-14(3)15-8-10-16(4,11-9-15)17-12-18/h5-7,13,15H,8-11H2,1-4H3/b6-5+,14-7+. The largest absolute Gasteiger partial charge is 0.226 e. The molecule has 0 N–H and O–H groups in total. The normalized spacial score (nSPS) is 29.6. The van der Waals surface area contributed by atoms with Gasteiger partial charge < -0.3 is 0 Å². The quantitative estimate of drug-likeness (QED) is 0.386. The second-order valence-corrected chi connectivity index (χ2v) is 6.20. The Labute approximate surface area is 117 Å². The molecular weight excluding hydrogens is 238 g/mol. The lowest BCUT2D eigenvalue weighted by Gasteiger charge is -2.33. The van der Waals surface area contributed by atoms with E-state index in [2.05, 4.69) is 56.1 Å². The summed E-state index contributed by atoms with van der Waals surface area (Å²) in [5, 5.41) is 2.55. The summed E-state index contributed by atoms with van der Waals surface area (Å²) in [5.41, 5.74) is 1.55. The number of nitrogens with zero attached hydrogens (tertiary/aromatic N) is 1. The number of allylic oxidation sites excluding steroid dienone is 4. The summed E-state index contributed by atoms with van der Waals surface area (Å²) in [6.07, 6.45) is 11.4. The van der Waals surface area contributed by atoms with Crippen LogP contribution in [-0.2, 0) is 0 Å². The van der Waals surface area contributed by atoms with Crippen LogP contribution < -0.4 is 0 Å². The second kappa shape index (κ2) is 7.01. The molecule has 2 heteroatoms. The molecule has 0 aromatic rings. The summed E-state index contributed by atoms with van der Waals surface area (Å²) >= 11 is 4.73. The van der Waals surface area contributed by atoms with Gasteiger partial charge in [-0.1, -0.05) is 37.6 Å². The molecule has 1 rings (SSSR count). The molecule has 1 nitrogen and oxygen atoms in total. The van der Waals surface area contributed by atoms with E-state index in [1.165, 1.54) is 18.4 Å². The molecule has 1 aliphatic rings. The number of rotatable bonds is 4. The molecule has 0 radical (unpaired) electrons. The lowest BCUT2D eigenvalue weighted by atomic mass is 9.75. The Bertz CT molecular complexity index is 365. The minimum Gasteiger partial charge on any atom is -0.226 e. The van der Waals surface area contributed by atoms with Crippen LogP contribution in [0.5, 0.6) is 0 Å². The van der Waals surface area contributed by atoms with Crippen LogP contribution in [0.4, 0.5) is 0 Å². The van der Waals surface area contributed by atoms with Crippen LogP contribution in [0, 0.1) is 11.8 Å². The second-order valence-electron chi connectivity index (χ2n) is 6.01. The monoisotopic (exact) mass is 263 g/mol. The maximum Gasteiger partial charge on any atom is 0.0683 e. The van der Waals surface area contributed by atoms with Crippen LogP contribution in [0.1, 0.15) is 53.4 Å². The van der Waals surface area contributed by atoms with E-state index in [9.17, 15) is 0 Å². The third kappa shape index (κ3) is 4.88. The van der Waals surface area contributed by atoms with E-state index >= 15 is 0 Å². The van der Waals surface area contributed by atoms with Crippen molar-refractivity contribution in [3.8, 4) is 0 Å². The molecule has 0 amide bonds. The highest BCUT2D eigenvalue weighted by Crippen LogP contribution is 2.37. The van der Waals surface area contributed by atoms with Crippen molar-refractivity contribution >= 4 is 17.4 Å². The van der Waals surface area contributed by atoms with Crippen molar-refractivity contribution in [1.82, 2.24) is 0 Å². The van der Waals surface area contributed by atoms with Gasteiger partial charge in [-0.2, -0.15) is 0 Å². The Hall–Kier alpha value is -0.720. The zero-order valence-corrected chi connectivity index (χ0v) is 12.9. The first kappa shape index (κ1) is 15.3. The van der Waals surface area contributed by atoms with E-state index in [-0.39, 0.29) is 5.54 Å². The van der Waals surface area contributed by atoms with Crippen LogP contribution in [0.3, 0.4) is 0 Å². The van der Waals surface area contributed by atoms with E-state index < -0.39 is 0 Å². The minimum atomic E-state index is 0.0479. The SMILES string of the molecule is C/C(=C\C=C\C(C)C)C1CCC(C)(N=C=S)CC1. The molecule has 0 bridgehead atoms. The zero-order valence-electron chi connectivity index (χ0n) is 12.1. The van der Waals surface area contributed by atoms with Crippen molar-refractivity contribution in [2.75, 3.05) is 0 Å². The van der Waals surface area contributed by atoms with Gasteiger partial charge in [0.1, 0.15) is 0 Å². The van der Waals surface area contributed by atoms with E-state index in [1.807, 2.05) is 0 Å². The fraction of sp³-hybridized carbons (Fsp3) is 0.688. The van der Waals surface area contributed by atoms with Gasteiger partial charge in [-0.3, -0.25) is 0 Å². The van der Waals surface area contributed by atoms with E-state index in [4.69, 9.17) is 12.2 Å². The average Bonchev–Trinajstić information content (AvgIpc) is 2.29. The summed E-state index contributed by atoms with van der Waals surface area (Å²) in [6, 6.07) is 0. The highest BCUT2D eigenvalue weighted by atomic mass is 32.1. The summed E-state index contributed by atoms with van der Waals surface area (Å²) in [5.74, 6) is 1.34. The van der Waals surface area contributed by atoms with Crippen molar-refractivity contribution in [2.24, 2.45) is 16.8 Å². The molecule has 0 saturated heterocycles. The van der Waals surface area contributed by atoms with E-state index in [0.29, 0.717) is 5.92 Å². The molecule has 1 aliphatic carbocycles. The van der Waals surface area contributed by atoms with Gasteiger partial charge in [0.15, 0.2) is 0 Å². The Morgan fingerprint density at radius 1 is 1.39 bits per heavy atom. The third-order valence-electron chi connectivity index (χ3n) is 3.88. The first-order valence-electron chi connectivity index (χ1n) is 6.91. The molecule has 0 aliphatic heterocycles. The Morgan fingerprint density at radius 3 is 2.50 bits per heavy atom. The van der Waals surface area contributed by atoms with Gasteiger partial charge in [-0.05, 0) is 63.6 Å². The van der Waals surface area contributed by atoms with Gasteiger partial charge in [0.25, 0.3) is 0 Å². The lowest BCUT2D eigenvalue weighted by Crippen LogP contribution is -2.29. The van der Waals surface area contributed by atoms with Gasteiger partial charge in [0.2, 0.25) is 0 Å². The Balaban J connectivity index is 2.55. The van der Waals surface area contributed by atoms with Crippen molar-refractivity contribution < 1.29 is 0 Å². The zero-order chi connectivity index (χ0) is 13.6. The molecule has 0 spiro atoms. The molecule has 18 heavy (non-hydrogen) atoms. The number of hydrogen-bond acceptors (Lipinski definition) is 2. The molecule has 0 atom stereocenters. The molecule has 1 saturated carbocycles. The predicted octanol–water partition coefficient (Wildman–Crippen LogP) is 5.20. The lowest BCUT2D eigenvalue weighted by molar-refractivity contribution is 0.277. The number of hydrogen-bond donors (Lipinski definition) is 0. The van der Waals surface area contributed by atoms with Gasteiger partial charge in [-0.25, -0.2) is 4.99 Å². The average molecular weight is 263 g/mol. The highest BCUT2D eigenvalue weighted by molar-refractivity contribution is 7.78.